The first-order chi connectivity index (χ1) is 7.36. The number of benzene rings is 1. The average Bonchev–Trinajstić information content (AvgIpc) is 2.29. The molecule has 1 aromatic rings. The lowest BCUT2D eigenvalue weighted by Gasteiger charge is -2.01. The second-order valence-electron chi connectivity index (χ2n) is 3.67. The molecule has 1 heteroatoms. The quantitative estimate of drug-likeness (QED) is 0.503. The van der Waals surface area contributed by atoms with E-state index in [0.29, 0.717) is 0 Å². The molecule has 0 N–H and O–H groups in total. The summed E-state index contributed by atoms with van der Waals surface area (Å²) in [7, 11) is 1.70. The van der Waals surface area contributed by atoms with Gasteiger partial charge in [0.15, 0.2) is 0 Å². The van der Waals surface area contributed by atoms with E-state index in [-0.39, 0.29) is 0 Å². The van der Waals surface area contributed by atoms with Gasteiger partial charge in [-0.2, -0.15) is 0 Å². The van der Waals surface area contributed by atoms with Gasteiger partial charge < -0.3 is 4.74 Å². The molecule has 0 atom stereocenters. The molecule has 0 bridgehead atoms. The summed E-state index contributed by atoms with van der Waals surface area (Å²) in [5.74, 6) is 0.939. The Hall–Kier alpha value is -1.24. The normalized spacial score (nSPS) is 10.8. The van der Waals surface area contributed by atoms with Crippen LogP contribution in [-0.2, 0) is 6.42 Å². The highest BCUT2D eigenvalue weighted by molar-refractivity contribution is 5.29. The fraction of sp³-hybridized carbons (Fsp3) is 0.429. The Kier molecular flexibility index (Phi) is 5.60. The fourth-order valence-electron chi connectivity index (χ4n) is 1.46. The van der Waals surface area contributed by atoms with Gasteiger partial charge in [0.25, 0.3) is 0 Å². The van der Waals surface area contributed by atoms with Gasteiger partial charge in [0.2, 0.25) is 0 Å². The van der Waals surface area contributed by atoms with E-state index in [1.165, 1.54) is 24.8 Å². The number of hydrogen-bond donors (Lipinski definition) is 0. The largest absolute Gasteiger partial charge is 0.497 e. The molecule has 0 saturated heterocycles. The molecule has 0 radical (unpaired) electrons. The van der Waals surface area contributed by atoms with Crippen molar-refractivity contribution in [1.29, 1.82) is 0 Å². The van der Waals surface area contributed by atoms with Gasteiger partial charge in [-0.15, -0.1) is 0 Å². The molecule has 1 aromatic carbocycles. The molecule has 0 aliphatic rings. The van der Waals surface area contributed by atoms with Crippen LogP contribution in [0.2, 0.25) is 0 Å². The van der Waals surface area contributed by atoms with E-state index < -0.39 is 0 Å². The van der Waals surface area contributed by atoms with Crippen LogP contribution in [0.3, 0.4) is 0 Å². The van der Waals surface area contributed by atoms with Crippen LogP contribution >= 0.6 is 0 Å². The predicted octanol–water partition coefficient (Wildman–Crippen LogP) is 3.98. The predicted molar refractivity (Wildman–Crippen MR) is 65.4 cm³/mol. The van der Waals surface area contributed by atoms with E-state index in [0.717, 1.165) is 12.2 Å². The Bertz CT molecular complexity index is 302. The maximum absolute atomic E-state index is 5.18. The molecule has 0 fully saturated rings. The molecule has 0 aliphatic carbocycles. The molecule has 0 unspecified atom stereocenters. The molecule has 0 heterocycles. The highest BCUT2D eigenvalue weighted by Gasteiger charge is 1.92. The average molecular weight is 204 g/mol. The van der Waals surface area contributed by atoms with Crippen molar-refractivity contribution in [3.8, 4) is 5.75 Å². The highest BCUT2D eigenvalue weighted by Crippen LogP contribution is 2.13. The number of allylic oxidation sites excluding steroid dienone is 2. The highest BCUT2D eigenvalue weighted by atomic mass is 16.5. The number of methoxy groups -OCH3 is 1. The van der Waals surface area contributed by atoms with Gasteiger partial charge in [0.1, 0.15) is 5.75 Å². The van der Waals surface area contributed by atoms with Crippen molar-refractivity contribution in [2.24, 2.45) is 0 Å². The van der Waals surface area contributed by atoms with Crippen LogP contribution in [0.25, 0.3) is 0 Å². The topological polar surface area (TPSA) is 9.23 Å². The molecular weight excluding hydrogens is 184 g/mol. The molecule has 15 heavy (non-hydrogen) atoms. The lowest BCUT2D eigenvalue weighted by atomic mass is 10.1. The molecule has 82 valence electrons. The van der Waals surface area contributed by atoms with Crippen molar-refractivity contribution in [3.63, 3.8) is 0 Å². The van der Waals surface area contributed by atoms with E-state index in [4.69, 9.17) is 4.74 Å². The van der Waals surface area contributed by atoms with Crippen LogP contribution < -0.4 is 4.74 Å². The molecule has 0 amide bonds. The number of unbranched alkanes of at least 4 members (excludes halogenated alkanes) is 2. The summed E-state index contributed by atoms with van der Waals surface area (Å²) in [5, 5.41) is 0. The van der Waals surface area contributed by atoms with Crippen LogP contribution in [-0.4, -0.2) is 7.11 Å². The molecule has 0 spiro atoms. The maximum Gasteiger partial charge on any atom is 0.119 e. The van der Waals surface area contributed by atoms with E-state index in [1.54, 1.807) is 7.11 Å². The van der Waals surface area contributed by atoms with Crippen molar-refractivity contribution in [1.82, 2.24) is 0 Å². The second-order valence-corrected chi connectivity index (χ2v) is 3.67. The standard InChI is InChI=1S/C14H20O/c1-3-4-5-6-7-9-13-10-8-11-14(12-13)15-2/h6-8,10-12H,3-5,9H2,1-2H3/b7-6+. The Morgan fingerprint density at radius 3 is 2.87 bits per heavy atom. The van der Waals surface area contributed by atoms with Crippen LogP contribution in [0.5, 0.6) is 5.75 Å². The molecule has 0 aliphatic heterocycles. The Balaban J connectivity index is 2.39. The summed E-state index contributed by atoms with van der Waals surface area (Å²) in [4.78, 5) is 0. The number of hydrogen-bond acceptors (Lipinski definition) is 1. The summed E-state index contributed by atoms with van der Waals surface area (Å²) in [5.41, 5.74) is 1.31. The van der Waals surface area contributed by atoms with Gasteiger partial charge in [-0.3, -0.25) is 0 Å². The van der Waals surface area contributed by atoms with Crippen molar-refractivity contribution >= 4 is 0 Å². The first-order valence-electron chi connectivity index (χ1n) is 5.64. The van der Waals surface area contributed by atoms with Crippen molar-refractivity contribution in [3.05, 3.63) is 42.0 Å². The lowest BCUT2D eigenvalue weighted by molar-refractivity contribution is 0.414. The third-order valence-corrected chi connectivity index (χ3v) is 2.38. The molecule has 1 nitrogen and oxygen atoms in total. The van der Waals surface area contributed by atoms with Crippen molar-refractivity contribution in [2.75, 3.05) is 7.11 Å². The molecule has 0 saturated carbocycles. The molecule has 0 aromatic heterocycles. The number of rotatable bonds is 6. The zero-order valence-electron chi connectivity index (χ0n) is 9.70. The van der Waals surface area contributed by atoms with Crippen molar-refractivity contribution < 1.29 is 4.74 Å². The van der Waals surface area contributed by atoms with E-state index in [2.05, 4.69) is 31.2 Å². The van der Waals surface area contributed by atoms with Crippen LogP contribution in [0, 0.1) is 0 Å². The first-order valence-corrected chi connectivity index (χ1v) is 5.64. The minimum atomic E-state index is 0.939. The molecule has 1 rings (SSSR count). The second kappa shape index (κ2) is 7.10. The zero-order chi connectivity index (χ0) is 10.9. The number of ether oxygens (including phenoxy) is 1. The van der Waals surface area contributed by atoms with Gasteiger partial charge in [-0.1, -0.05) is 44.1 Å². The smallest absolute Gasteiger partial charge is 0.119 e. The third kappa shape index (κ3) is 4.68. The van der Waals surface area contributed by atoms with Gasteiger partial charge in [0, 0.05) is 0 Å². The summed E-state index contributed by atoms with van der Waals surface area (Å²) in [6.07, 6.45) is 9.26. The Labute approximate surface area is 92.8 Å². The lowest BCUT2D eigenvalue weighted by Crippen LogP contribution is -1.85. The van der Waals surface area contributed by atoms with Crippen LogP contribution in [0.1, 0.15) is 31.7 Å². The Morgan fingerprint density at radius 1 is 1.27 bits per heavy atom. The summed E-state index contributed by atoms with van der Waals surface area (Å²) >= 11 is 0. The minimum absolute atomic E-state index is 0.939. The fourth-order valence-corrected chi connectivity index (χ4v) is 1.46. The van der Waals surface area contributed by atoms with E-state index >= 15 is 0 Å². The van der Waals surface area contributed by atoms with Gasteiger partial charge in [-0.25, -0.2) is 0 Å². The first kappa shape index (κ1) is 11.8. The monoisotopic (exact) mass is 204 g/mol. The summed E-state index contributed by atoms with van der Waals surface area (Å²) in [6.45, 7) is 2.22. The van der Waals surface area contributed by atoms with E-state index in [9.17, 15) is 0 Å². The molecular formula is C14H20O. The Morgan fingerprint density at radius 2 is 2.13 bits per heavy atom. The minimum Gasteiger partial charge on any atom is -0.497 e. The zero-order valence-corrected chi connectivity index (χ0v) is 9.70. The summed E-state index contributed by atoms with van der Waals surface area (Å²) in [6, 6.07) is 8.23. The van der Waals surface area contributed by atoms with Crippen LogP contribution in [0.15, 0.2) is 36.4 Å². The van der Waals surface area contributed by atoms with Gasteiger partial charge in [0.05, 0.1) is 7.11 Å². The maximum atomic E-state index is 5.18. The SMILES string of the molecule is CCCC/C=C/Cc1cccc(OC)c1. The van der Waals surface area contributed by atoms with Gasteiger partial charge in [-0.05, 0) is 30.5 Å². The third-order valence-electron chi connectivity index (χ3n) is 2.38. The summed E-state index contributed by atoms with van der Waals surface area (Å²) < 4.78 is 5.18. The van der Waals surface area contributed by atoms with E-state index in [1.807, 2.05) is 12.1 Å². The van der Waals surface area contributed by atoms with Crippen LogP contribution in [0.4, 0.5) is 0 Å². The van der Waals surface area contributed by atoms with Crippen molar-refractivity contribution in [2.45, 2.75) is 32.6 Å². The van der Waals surface area contributed by atoms with Gasteiger partial charge >= 0.3 is 0 Å².